The van der Waals surface area contributed by atoms with E-state index < -0.39 is 35.9 Å². The highest BCUT2D eigenvalue weighted by molar-refractivity contribution is 5.83. The van der Waals surface area contributed by atoms with Crippen LogP contribution in [0.5, 0.6) is 0 Å². The number of carbonyl (C=O) groups is 2. The van der Waals surface area contributed by atoms with Crippen molar-refractivity contribution in [3.05, 3.63) is 35.9 Å². The Hall–Kier alpha value is -2.29. The fraction of sp³-hybridized carbons (Fsp3) is 0.500. The topological polar surface area (TPSA) is 70.1 Å². The average Bonchev–Trinajstić information content (AvgIpc) is 2.55. The van der Waals surface area contributed by atoms with Gasteiger partial charge in [0.25, 0.3) is 5.72 Å². The van der Waals surface area contributed by atoms with Crippen molar-refractivity contribution in [3.8, 4) is 0 Å². The Morgan fingerprint density at radius 2 is 1.84 bits per heavy atom. The van der Waals surface area contributed by atoms with E-state index in [-0.39, 0.29) is 17.1 Å². The molecule has 1 saturated heterocycles. The van der Waals surface area contributed by atoms with E-state index in [1.807, 2.05) is 0 Å². The molecule has 138 valence electrons. The number of alkyl halides is 3. The molecule has 9 heteroatoms. The molecular weight excluding hydrogens is 341 g/mol. The van der Waals surface area contributed by atoms with Gasteiger partial charge in [0.2, 0.25) is 0 Å². The van der Waals surface area contributed by atoms with Gasteiger partial charge < -0.3 is 14.7 Å². The van der Waals surface area contributed by atoms with Gasteiger partial charge in [-0.05, 0) is 12.5 Å². The molecule has 1 aliphatic rings. The third-order valence-electron chi connectivity index (χ3n) is 4.37. The van der Waals surface area contributed by atoms with Crippen LogP contribution < -0.4 is 0 Å². The summed E-state index contributed by atoms with van der Waals surface area (Å²) in [5.41, 5.74) is -3.41. The number of carbonyl (C=O) groups excluding carboxylic acids is 2. The highest BCUT2D eigenvalue weighted by Gasteiger charge is 2.70. The highest BCUT2D eigenvalue weighted by Crippen LogP contribution is 2.49. The first-order chi connectivity index (χ1) is 11.6. The van der Waals surface area contributed by atoms with Gasteiger partial charge in [-0.25, -0.2) is 4.79 Å². The van der Waals surface area contributed by atoms with Gasteiger partial charge >= 0.3 is 18.2 Å². The van der Waals surface area contributed by atoms with E-state index in [9.17, 15) is 27.9 Å². The van der Waals surface area contributed by atoms with Gasteiger partial charge in [-0.3, -0.25) is 9.69 Å². The first-order valence-electron chi connectivity index (χ1n) is 7.58. The number of esters is 1. The molecule has 3 atom stereocenters. The summed E-state index contributed by atoms with van der Waals surface area (Å²) in [6.45, 7) is 1.29. The Bertz CT molecular complexity index is 653. The zero-order valence-electron chi connectivity index (χ0n) is 13.9. The number of nitrogens with zero attached hydrogens (tertiary/aromatic N) is 2. The van der Waals surface area contributed by atoms with Gasteiger partial charge in [-0.15, -0.1) is 0 Å². The number of halogens is 3. The molecule has 6 nitrogen and oxygen atoms in total. The first-order valence-corrected chi connectivity index (χ1v) is 7.58. The number of rotatable bonds is 3. The van der Waals surface area contributed by atoms with E-state index in [0.29, 0.717) is 0 Å². The monoisotopic (exact) mass is 360 g/mol. The van der Waals surface area contributed by atoms with Crippen LogP contribution in [-0.4, -0.2) is 59.5 Å². The second kappa shape index (κ2) is 6.55. The molecule has 1 N–H and O–H groups in total. The standard InChI is InChI=1S/C16H19F3N2O4/c1-4-25-13(22)11-12(10-8-6-5-7-9-10)20(2)14(23)21(3)15(11,24)16(17,18)19/h5-9,11-12,24H,4H2,1-3H3/t11-,12+,15+/m0/s1. The molecule has 25 heavy (non-hydrogen) atoms. The van der Waals surface area contributed by atoms with Crippen LogP contribution in [0.3, 0.4) is 0 Å². The fourth-order valence-electron chi connectivity index (χ4n) is 3.11. The second-order valence-corrected chi connectivity index (χ2v) is 5.76. The van der Waals surface area contributed by atoms with Crippen LogP contribution in [0.4, 0.5) is 18.0 Å². The van der Waals surface area contributed by atoms with Gasteiger partial charge in [-0.1, -0.05) is 30.3 Å². The van der Waals surface area contributed by atoms with E-state index in [2.05, 4.69) is 0 Å². The summed E-state index contributed by atoms with van der Waals surface area (Å²) in [6, 6.07) is 5.37. The van der Waals surface area contributed by atoms with Gasteiger partial charge in [0.05, 0.1) is 12.6 Å². The summed E-state index contributed by atoms with van der Waals surface area (Å²) in [6.07, 6.45) is -5.26. The van der Waals surface area contributed by atoms with Crippen molar-refractivity contribution in [1.82, 2.24) is 9.80 Å². The van der Waals surface area contributed by atoms with Crippen molar-refractivity contribution < 1.29 is 32.6 Å². The van der Waals surface area contributed by atoms with E-state index in [0.717, 1.165) is 11.9 Å². The quantitative estimate of drug-likeness (QED) is 0.839. The Balaban J connectivity index is 2.70. The Morgan fingerprint density at radius 3 is 2.32 bits per heavy atom. The minimum atomic E-state index is -5.26. The minimum Gasteiger partial charge on any atom is -0.466 e. The number of aliphatic hydroxyl groups is 1. The molecular formula is C16H19F3N2O4. The molecule has 0 unspecified atom stereocenters. The van der Waals surface area contributed by atoms with Gasteiger partial charge in [0.1, 0.15) is 5.92 Å². The summed E-state index contributed by atoms with van der Waals surface area (Å²) in [5.74, 6) is -3.30. The third kappa shape index (κ3) is 2.92. The van der Waals surface area contributed by atoms with E-state index in [1.165, 1.54) is 26.1 Å². The number of hydrogen-bond acceptors (Lipinski definition) is 4. The van der Waals surface area contributed by atoms with Crippen molar-refractivity contribution in [2.75, 3.05) is 20.7 Å². The molecule has 1 aromatic carbocycles. The lowest BCUT2D eigenvalue weighted by Crippen LogP contribution is -2.73. The molecule has 1 aliphatic heterocycles. The lowest BCUT2D eigenvalue weighted by atomic mass is 9.80. The number of amides is 2. The molecule has 1 heterocycles. The smallest absolute Gasteiger partial charge is 0.437 e. The van der Waals surface area contributed by atoms with Crippen molar-refractivity contribution in [2.45, 2.75) is 24.9 Å². The maximum Gasteiger partial charge on any atom is 0.437 e. The molecule has 0 aromatic heterocycles. The predicted octanol–water partition coefficient (Wildman–Crippen LogP) is 2.16. The third-order valence-corrected chi connectivity index (χ3v) is 4.37. The van der Waals surface area contributed by atoms with Crippen LogP contribution in [0.15, 0.2) is 30.3 Å². The normalized spacial score (nSPS) is 27.4. The molecule has 1 aromatic rings. The van der Waals surface area contributed by atoms with E-state index in [1.54, 1.807) is 18.2 Å². The van der Waals surface area contributed by atoms with Crippen LogP contribution in [0.25, 0.3) is 0 Å². The molecule has 0 bridgehead atoms. The van der Waals surface area contributed by atoms with E-state index >= 15 is 0 Å². The Kier molecular flexibility index (Phi) is 4.99. The van der Waals surface area contributed by atoms with Gasteiger partial charge in [-0.2, -0.15) is 13.2 Å². The van der Waals surface area contributed by atoms with Crippen LogP contribution in [0, 0.1) is 5.92 Å². The summed E-state index contributed by atoms with van der Waals surface area (Å²) < 4.78 is 46.0. The summed E-state index contributed by atoms with van der Waals surface area (Å²) in [5, 5.41) is 10.5. The van der Waals surface area contributed by atoms with Crippen LogP contribution >= 0.6 is 0 Å². The molecule has 0 spiro atoms. The van der Waals surface area contributed by atoms with Crippen molar-refractivity contribution in [2.24, 2.45) is 5.92 Å². The van der Waals surface area contributed by atoms with Gasteiger partial charge in [0, 0.05) is 14.1 Å². The summed E-state index contributed by atoms with van der Waals surface area (Å²) in [7, 11) is 2.08. The van der Waals surface area contributed by atoms with Crippen molar-refractivity contribution in [3.63, 3.8) is 0 Å². The lowest BCUT2D eigenvalue weighted by molar-refractivity contribution is -0.334. The number of benzene rings is 1. The Labute approximate surface area is 142 Å². The van der Waals surface area contributed by atoms with Gasteiger partial charge in [0.15, 0.2) is 0 Å². The zero-order chi connectivity index (χ0) is 19.0. The highest BCUT2D eigenvalue weighted by atomic mass is 19.4. The molecule has 0 saturated carbocycles. The maximum atomic E-state index is 13.7. The average molecular weight is 360 g/mol. The first kappa shape index (κ1) is 19.0. The van der Waals surface area contributed by atoms with Crippen molar-refractivity contribution in [1.29, 1.82) is 0 Å². The maximum absolute atomic E-state index is 13.7. The molecule has 0 radical (unpaired) electrons. The number of hydrogen-bond donors (Lipinski definition) is 1. The fourth-order valence-corrected chi connectivity index (χ4v) is 3.11. The van der Waals surface area contributed by atoms with Crippen LogP contribution in [0.1, 0.15) is 18.5 Å². The summed E-state index contributed by atoms with van der Waals surface area (Å²) >= 11 is 0. The van der Waals surface area contributed by atoms with Crippen LogP contribution in [-0.2, 0) is 9.53 Å². The minimum absolute atomic E-state index is 0.133. The molecule has 1 fully saturated rings. The number of ether oxygens (including phenoxy) is 1. The zero-order valence-corrected chi connectivity index (χ0v) is 13.9. The molecule has 2 rings (SSSR count). The lowest BCUT2D eigenvalue weighted by Gasteiger charge is -2.52. The largest absolute Gasteiger partial charge is 0.466 e. The van der Waals surface area contributed by atoms with Crippen LogP contribution in [0.2, 0.25) is 0 Å². The Morgan fingerprint density at radius 1 is 1.28 bits per heavy atom. The van der Waals surface area contributed by atoms with E-state index in [4.69, 9.17) is 4.74 Å². The second-order valence-electron chi connectivity index (χ2n) is 5.76. The number of urea groups is 1. The SMILES string of the molecule is CCOC(=O)[C@@H]1[C@@H](c2ccccc2)N(C)C(=O)N(C)[C@]1(O)C(F)(F)F. The molecule has 2 amide bonds. The summed E-state index contributed by atoms with van der Waals surface area (Å²) in [4.78, 5) is 25.9. The van der Waals surface area contributed by atoms with Crippen molar-refractivity contribution >= 4 is 12.0 Å². The molecule has 0 aliphatic carbocycles. The predicted molar refractivity (Wildman–Crippen MR) is 81.2 cm³/mol.